The van der Waals surface area contributed by atoms with E-state index in [1.165, 1.54) is 13.5 Å². The summed E-state index contributed by atoms with van der Waals surface area (Å²) in [6.07, 6.45) is 6.18. The van der Waals surface area contributed by atoms with Crippen LogP contribution in [0.3, 0.4) is 0 Å². The Hall–Kier alpha value is -3.68. The van der Waals surface area contributed by atoms with Crippen LogP contribution in [-0.4, -0.2) is 46.8 Å². The SMILES string of the molecule is COC(=O)CCc1c(C)nn(-c2ccc(C(=O)Nc3cccnc3N3CCCCC3)cc2)c1C. The smallest absolute Gasteiger partial charge is 0.305 e. The molecule has 0 spiro atoms. The molecule has 4 rings (SSSR count). The summed E-state index contributed by atoms with van der Waals surface area (Å²) in [6, 6.07) is 11.1. The zero-order valence-electron chi connectivity index (χ0n) is 20.0. The molecule has 1 N–H and O–H groups in total. The Labute approximate surface area is 199 Å². The summed E-state index contributed by atoms with van der Waals surface area (Å²) in [7, 11) is 1.39. The second-order valence-corrected chi connectivity index (χ2v) is 8.56. The maximum Gasteiger partial charge on any atom is 0.305 e. The highest BCUT2D eigenvalue weighted by atomic mass is 16.5. The molecule has 178 valence electrons. The molecule has 0 saturated carbocycles. The van der Waals surface area contributed by atoms with E-state index in [2.05, 4.69) is 20.3 Å². The summed E-state index contributed by atoms with van der Waals surface area (Å²) in [5.41, 5.74) is 5.04. The van der Waals surface area contributed by atoms with E-state index in [0.717, 1.165) is 60.1 Å². The van der Waals surface area contributed by atoms with Crippen molar-refractivity contribution in [2.24, 2.45) is 0 Å². The molecule has 34 heavy (non-hydrogen) atoms. The highest BCUT2D eigenvalue weighted by Crippen LogP contribution is 2.26. The van der Waals surface area contributed by atoms with Gasteiger partial charge in [-0.1, -0.05) is 0 Å². The van der Waals surface area contributed by atoms with E-state index in [9.17, 15) is 9.59 Å². The molecule has 0 bridgehead atoms. The number of methoxy groups -OCH3 is 1. The van der Waals surface area contributed by atoms with E-state index in [1.807, 2.05) is 42.8 Å². The van der Waals surface area contributed by atoms with E-state index in [1.54, 1.807) is 18.3 Å². The number of rotatable bonds is 7. The quantitative estimate of drug-likeness (QED) is 0.530. The van der Waals surface area contributed by atoms with Crippen LogP contribution in [0.5, 0.6) is 0 Å². The van der Waals surface area contributed by atoms with Crippen LogP contribution in [0.1, 0.15) is 53.0 Å². The van der Waals surface area contributed by atoms with Crippen LogP contribution in [-0.2, 0) is 16.0 Å². The Morgan fingerprint density at radius 3 is 2.50 bits per heavy atom. The van der Waals surface area contributed by atoms with Crippen LogP contribution in [0.4, 0.5) is 11.5 Å². The number of benzene rings is 1. The highest BCUT2D eigenvalue weighted by Gasteiger charge is 2.18. The molecule has 1 aliphatic rings. The number of carbonyl (C=O) groups is 2. The largest absolute Gasteiger partial charge is 0.469 e. The second kappa shape index (κ2) is 10.5. The summed E-state index contributed by atoms with van der Waals surface area (Å²) >= 11 is 0. The molecule has 1 aliphatic heterocycles. The van der Waals surface area contributed by atoms with Crippen LogP contribution < -0.4 is 10.2 Å². The van der Waals surface area contributed by atoms with Gasteiger partial charge in [0, 0.05) is 37.0 Å². The van der Waals surface area contributed by atoms with E-state index in [4.69, 9.17) is 4.74 Å². The minimum atomic E-state index is -0.237. The number of nitrogens with one attached hydrogen (secondary N) is 1. The van der Waals surface area contributed by atoms with Crippen molar-refractivity contribution in [3.8, 4) is 5.69 Å². The third kappa shape index (κ3) is 5.11. The number of aryl methyl sites for hydroxylation is 1. The Bertz CT molecular complexity index is 1160. The van der Waals surface area contributed by atoms with Crippen molar-refractivity contribution in [2.45, 2.75) is 46.0 Å². The van der Waals surface area contributed by atoms with E-state index >= 15 is 0 Å². The van der Waals surface area contributed by atoms with Crippen molar-refractivity contribution in [3.05, 3.63) is 65.1 Å². The zero-order valence-corrected chi connectivity index (χ0v) is 20.0. The van der Waals surface area contributed by atoms with Gasteiger partial charge in [0.15, 0.2) is 5.82 Å². The van der Waals surface area contributed by atoms with E-state index < -0.39 is 0 Å². The molecule has 1 aromatic carbocycles. The summed E-state index contributed by atoms with van der Waals surface area (Å²) in [5, 5.41) is 7.67. The number of piperidine rings is 1. The number of amides is 1. The first-order chi connectivity index (χ1) is 16.5. The number of hydrogen-bond acceptors (Lipinski definition) is 6. The number of carbonyl (C=O) groups excluding carboxylic acids is 2. The molecule has 0 unspecified atom stereocenters. The minimum Gasteiger partial charge on any atom is -0.469 e. The van der Waals surface area contributed by atoms with Crippen molar-refractivity contribution >= 4 is 23.4 Å². The first-order valence-electron chi connectivity index (χ1n) is 11.7. The fourth-order valence-corrected chi connectivity index (χ4v) is 4.42. The Kier molecular flexibility index (Phi) is 7.25. The topological polar surface area (TPSA) is 89.3 Å². The predicted octanol–water partition coefficient (Wildman–Crippen LogP) is 4.23. The first-order valence-corrected chi connectivity index (χ1v) is 11.7. The van der Waals surface area contributed by atoms with Gasteiger partial charge in [-0.05, 0) is 81.5 Å². The van der Waals surface area contributed by atoms with Crippen LogP contribution in [0.25, 0.3) is 5.69 Å². The van der Waals surface area contributed by atoms with E-state index in [-0.39, 0.29) is 11.9 Å². The summed E-state index contributed by atoms with van der Waals surface area (Å²) < 4.78 is 6.60. The van der Waals surface area contributed by atoms with Crippen molar-refractivity contribution in [3.63, 3.8) is 0 Å². The predicted molar refractivity (Wildman–Crippen MR) is 132 cm³/mol. The van der Waals surface area contributed by atoms with Gasteiger partial charge in [0.2, 0.25) is 0 Å². The molecule has 2 aromatic heterocycles. The molecule has 8 heteroatoms. The molecule has 8 nitrogen and oxygen atoms in total. The van der Waals surface area contributed by atoms with E-state index in [0.29, 0.717) is 18.4 Å². The minimum absolute atomic E-state index is 0.176. The maximum absolute atomic E-state index is 13.0. The Morgan fingerprint density at radius 2 is 1.79 bits per heavy atom. The summed E-state index contributed by atoms with van der Waals surface area (Å²) in [5.74, 6) is 0.415. The molecule has 0 atom stereocenters. The molecular formula is C26H31N5O3. The van der Waals surface area contributed by atoms with Crippen LogP contribution in [0, 0.1) is 13.8 Å². The number of aromatic nitrogens is 3. The molecule has 3 aromatic rings. The summed E-state index contributed by atoms with van der Waals surface area (Å²) in [6.45, 7) is 5.83. The highest BCUT2D eigenvalue weighted by molar-refractivity contribution is 6.05. The molecule has 0 radical (unpaired) electrons. The molecule has 1 amide bonds. The number of nitrogens with zero attached hydrogens (tertiary/aromatic N) is 4. The fraction of sp³-hybridized carbons (Fsp3) is 0.385. The van der Waals surface area contributed by atoms with Gasteiger partial charge in [0.25, 0.3) is 5.91 Å². The lowest BCUT2D eigenvalue weighted by Crippen LogP contribution is -2.31. The zero-order chi connectivity index (χ0) is 24.1. The molecule has 1 fully saturated rings. The lowest BCUT2D eigenvalue weighted by atomic mass is 10.1. The lowest BCUT2D eigenvalue weighted by molar-refractivity contribution is -0.140. The van der Waals surface area contributed by atoms with Gasteiger partial charge in [-0.25, -0.2) is 9.67 Å². The lowest BCUT2D eigenvalue weighted by Gasteiger charge is -2.29. The van der Waals surface area contributed by atoms with Gasteiger partial charge in [0.05, 0.1) is 24.2 Å². The third-order valence-corrected chi connectivity index (χ3v) is 6.31. The van der Waals surface area contributed by atoms with Crippen LogP contribution in [0.15, 0.2) is 42.6 Å². The molecule has 1 saturated heterocycles. The van der Waals surface area contributed by atoms with Gasteiger partial charge >= 0.3 is 5.97 Å². The molecular weight excluding hydrogens is 430 g/mol. The van der Waals surface area contributed by atoms with Gasteiger partial charge < -0.3 is 15.0 Å². The second-order valence-electron chi connectivity index (χ2n) is 8.56. The van der Waals surface area contributed by atoms with Crippen molar-refractivity contribution in [1.82, 2.24) is 14.8 Å². The molecule has 0 aliphatic carbocycles. The van der Waals surface area contributed by atoms with Gasteiger partial charge in [-0.3, -0.25) is 9.59 Å². The molecule has 3 heterocycles. The van der Waals surface area contributed by atoms with Crippen molar-refractivity contribution in [1.29, 1.82) is 0 Å². The maximum atomic E-state index is 13.0. The fourth-order valence-electron chi connectivity index (χ4n) is 4.42. The van der Waals surface area contributed by atoms with Crippen LogP contribution >= 0.6 is 0 Å². The number of hydrogen-bond donors (Lipinski definition) is 1. The van der Waals surface area contributed by atoms with Crippen LogP contribution in [0.2, 0.25) is 0 Å². The van der Waals surface area contributed by atoms with Crippen molar-refractivity contribution < 1.29 is 14.3 Å². The monoisotopic (exact) mass is 461 g/mol. The normalized spacial score (nSPS) is 13.6. The number of esters is 1. The van der Waals surface area contributed by atoms with Gasteiger partial charge in [-0.2, -0.15) is 5.10 Å². The third-order valence-electron chi connectivity index (χ3n) is 6.31. The first kappa shape index (κ1) is 23.5. The number of pyridine rings is 1. The summed E-state index contributed by atoms with van der Waals surface area (Å²) in [4.78, 5) is 31.3. The number of anilines is 2. The van der Waals surface area contributed by atoms with Gasteiger partial charge in [-0.15, -0.1) is 0 Å². The standard InChI is InChI=1S/C26H31N5O3/c1-18-22(13-14-24(32)34-3)19(2)31(29-18)21-11-9-20(10-12-21)26(33)28-23-8-7-15-27-25(23)30-16-5-4-6-17-30/h7-12,15H,4-6,13-14,16-17H2,1-3H3,(H,28,33). The Balaban J connectivity index is 1.49. The number of ether oxygens (including phenoxy) is 1. The van der Waals surface area contributed by atoms with Gasteiger partial charge in [0.1, 0.15) is 0 Å². The Morgan fingerprint density at radius 1 is 1.06 bits per heavy atom. The average molecular weight is 462 g/mol. The van der Waals surface area contributed by atoms with Crippen molar-refractivity contribution in [2.75, 3.05) is 30.4 Å². The average Bonchev–Trinajstić information content (AvgIpc) is 3.16.